The van der Waals surface area contributed by atoms with E-state index in [0.717, 1.165) is 0 Å². The van der Waals surface area contributed by atoms with Crippen molar-refractivity contribution in [1.82, 2.24) is 0 Å². The molecule has 0 fully saturated rings. The summed E-state index contributed by atoms with van der Waals surface area (Å²) in [5.41, 5.74) is 0. The minimum atomic E-state index is 1.28. The predicted octanol–water partition coefficient (Wildman–Crippen LogP) is 5.42. The summed E-state index contributed by atoms with van der Waals surface area (Å²) in [5.74, 6) is 0. The second-order valence-corrected chi connectivity index (χ2v) is 7.80. The smallest absolute Gasteiger partial charge is 0.0317 e. The predicted molar refractivity (Wildman–Crippen MR) is 74.6 cm³/mol. The van der Waals surface area contributed by atoms with Crippen molar-refractivity contribution in [3.8, 4) is 0 Å². The number of rotatable bonds is 11. The zero-order valence-electron chi connectivity index (χ0n) is 10.1. The maximum absolute atomic E-state index is 2.29. The van der Waals surface area contributed by atoms with E-state index in [-0.39, 0.29) is 0 Å². The van der Waals surface area contributed by atoms with Crippen molar-refractivity contribution in [2.24, 2.45) is 0 Å². The van der Waals surface area contributed by atoms with Crippen LogP contribution in [0.2, 0.25) is 0 Å². The van der Waals surface area contributed by atoms with Crippen LogP contribution in [0.4, 0.5) is 0 Å². The second-order valence-electron chi connectivity index (χ2n) is 3.97. The summed E-state index contributed by atoms with van der Waals surface area (Å²) in [4.78, 5) is 0. The molecule has 0 saturated heterocycles. The largest absolute Gasteiger partial charge is 0.0992 e. The van der Waals surface area contributed by atoms with Gasteiger partial charge in [0.2, 0.25) is 0 Å². The monoisotopic (exact) mass is 234 g/mol. The van der Waals surface area contributed by atoms with E-state index in [2.05, 4.69) is 13.8 Å². The fraction of sp³-hybridized carbons (Fsp3) is 1.00. The van der Waals surface area contributed by atoms with Crippen LogP contribution in [-0.4, -0.2) is 12.3 Å². The molecule has 0 aromatic heterocycles. The normalized spacial score (nSPS) is 12.4. The van der Waals surface area contributed by atoms with Gasteiger partial charge in [-0.25, -0.2) is 0 Å². The van der Waals surface area contributed by atoms with Gasteiger partial charge in [0.25, 0.3) is 0 Å². The van der Waals surface area contributed by atoms with Crippen LogP contribution in [-0.2, 0) is 0 Å². The highest BCUT2D eigenvalue weighted by Gasteiger charge is 1.91. The van der Waals surface area contributed by atoms with E-state index in [1.807, 2.05) is 0 Å². The molecule has 0 amide bonds. The Hall–Kier alpha value is 0.860. The van der Waals surface area contributed by atoms with Crippen LogP contribution in [0.25, 0.3) is 0 Å². The lowest BCUT2D eigenvalue weighted by Gasteiger charge is -2.02. The van der Waals surface area contributed by atoms with Crippen LogP contribution in [0.15, 0.2) is 0 Å². The lowest BCUT2D eigenvalue weighted by Crippen LogP contribution is -1.79. The van der Waals surface area contributed by atoms with Crippen molar-refractivity contribution >= 4 is 16.5 Å². The summed E-state index contributed by atoms with van der Waals surface area (Å²) in [6.07, 6.45) is 14.6. The molecule has 0 rings (SSSR count). The molecule has 0 radical (unpaired) electrons. The van der Waals surface area contributed by atoms with E-state index in [1.165, 1.54) is 80.2 Å². The van der Waals surface area contributed by atoms with Crippen LogP contribution >= 0.6 is 16.5 Å². The molecular weight excluding hydrogens is 206 g/mol. The Kier molecular flexibility index (Phi) is 14.7. The molecule has 0 aromatic carbocycles. The second kappa shape index (κ2) is 13.9. The first kappa shape index (κ1) is 14.9. The fourth-order valence-corrected chi connectivity index (χ4v) is 4.79. The molecule has 0 aliphatic heterocycles. The fourth-order valence-electron chi connectivity index (χ4n) is 1.46. The Morgan fingerprint density at radius 3 is 1.57 bits per heavy atom. The molecule has 0 aromatic rings. The third-order valence-corrected chi connectivity index (χ3v) is 6.14. The van der Waals surface area contributed by atoms with E-state index < -0.39 is 0 Å². The van der Waals surface area contributed by atoms with Crippen molar-refractivity contribution in [3.05, 3.63) is 0 Å². The van der Waals surface area contributed by atoms with E-state index in [1.54, 1.807) is 0 Å². The highest BCUT2D eigenvalue weighted by atomic mass is 32.0. The maximum Gasteiger partial charge on any atom is -0.0317 e. The van der Waals surface area contributed by atoms with E-state index in [9.17, 15) is 0 Å². The van der Waals surface area contributed by atoms with Crippen LogP contribution in [0.5, 0.6) is 0 Å². The molecule has 2 heteroatoms. The molecule has 0 nitrogen and oxygen atoms in total. The topological polar surface area (TPSA) is 0 Å². The summed E-state index contributed by atoms with van der Waals surface area (Å²) in [5, 5.41) is 0. The first-order chi connectivity index (χ1) is 6.91. The van der Waals surface area contributed by atoms with Crippen molar-refractivity contribution in [2.45, 2.75) is 65.2 Å². The van der Waals surface area contributed by atoms with Crippen molar-refractivity contribution in [3.63, 3.8) is 0 Å². The molecule has 86 valence electrons. The number of hydrogen-bond acceptors (Lipinski definition) is 0. The summed E-state index contributed by atoms with van der Waals surface area (Å²) in [6, 6.07) is 0. The van der Waals surface area contributed by atoms with Gasteiger partial charge in [-0.15, -0.1) is 0 Å². The summed E-state index contributed by atoms with van der Waals surface area (Å²) in [6.45, 7) is 4.58. The van der Waals surface area contributed by atoms with E-state index in [4.69, 9.17) is 0 Å². The highest BCUT2D eigenvalue weighted by molar-refractivity contribution is 8.11. The molecule has 0 heterocycles. The Labute approximate surface area is 94.5 Å². The van der Waals surface area contributed by atoms with Gasteiger partial charge in [0, 0.05) is 0 Å². The average molecular weight is 234 g/mol. The summed E-state index contributed by atoms with van der Waals surface area (Å²) in [7, 11) is 2.57. The third-order valence-electron chi connectivity index (χ3n) is 2.44. The van der Waals surface area contributed by atoms with Gasteiger partial charge in [-0.1, -0.05) is 68.9 Å². The molecule has 0 bridgehead atoms. The van der Waals surface area contributed by atoms with E-state index in [0.29, 0.717) is 0 Å². The minimum Gasteiger partial charge on any atom is -0.0992 e. The quantitative estimate of drug-likeness (QED) is 0.331. The van der Waals surface area contributed by atoms with Gasteiger partial charge in [0.05, 0.1) is 0 Å². The van der Waals surface area contributed by atoms with Gasteiger partial charge in [-0.05, 0) is 25.2 Å². The SMILES string of the molecule is CCCCCCCPPCCCCC. The number of unbranched alkanes of at least 4 members (excludes halogenated alkanes) is 6. The summed E-state index contributed by atoms with van der Waals surface area (Å²) < 4.78 is 0. The maximum atomic E-state index is 2.29. The first-order valence-corrected chi connectivity index (χ1v) is 9.79. The molecule has 0 aliphatic rings. The Morgan fingerprint density at radius 2 is 1.00 bits per heavy atom. The molecule has 0 N–H and O–H groups in total. The number of hydrogen-bond donors (Lipinski definition) is 0. The van der Waals surface area contributed by atoms with Crippen LogP contribution in [0.1, 0.15) is 65.2 Å². The minimum absolute atomic E-state index is 1.28. The van der Waals surface area contributed by atoms with Gasteiger partial charge in [-0.2, -0.15) is 0 Å². The molecular formula is C12H28P2. The van der Waals surface area contributed by atoms with Gasteiger partial charge >= 0.3 is 0 Å². The molecule has 2 unspecified atom stereocenters. The zero-order valence-corrected chi connectivity index (χ0v) is 12.1. The lowest BCUT2D eigenvalue weighted by atomic mass is 10.2. The Bertz CT molecular complexity index is 82.3. The van der Waals surface area contributed by atoms with Crippen LogP contribution in [0, 0.1) is 0 Å². The standard InChI is InChI=1S/C12H28P2/c1-3-5-7-8-10-12-14-13-11-9-6-4-2/h13-14H,3-12H2,1-2H3. The molecule has 14 heavy (non-hydrogen) atoms. The Balaban J connectivity index is 2.78. The van der Waals surface area contributed by atoms with Gasteiger partial charge < -0.3 is 0 Å². The molecule has 2 atom stereocenters. The van der Waals surface area contributed by atoms with Gasteiger partial charge in [-0.3, -0.25) is 0 Å². The van der Waals surface area contributed by atoms with Gasteiger partial charge in [0.1, 0.15) is 0 Å². The van der Waals surface area contributed by atoms with Crippen molar-refractivity contribution in [1.29, 1.82) is 0 Å². The van der Waals surface area contributed by atoms with Crippen molar-refractivity contribution < 1.29 is 0 Å². The average Bonchev–Trinajstić information content (AvgIpc) is 2.21. The van der Waals surface area contributed by atoms with Crippen LogP contribution < -0.4 is 0 Å². The van der Waals surface area contributed by atoms with Gasteiger partial charge in [0.15, 0.2) is 0 Å². The first-order valence-electron chi connectivity index (χ1n) is 6.37. The molecule has 0 saturated carbocycles. The van der Waals surface area contributed by atoms with Crippen LogP contribution in [0.3, 0.4) is 0 Å². The van der Waals surface area contributed by atoms with E-state index >= 15 is 0 Å². The van der Waals surface area contributed by atoms with Crippen molar-refractivity contribution in [2.75, 3.05) is 12.3 Å². The molecule has 0 spiro atoms. The highest BCUT2D eigenvalue weighted by Crippen LogP contribution is 2.38. The molecule has 0 aliphatic carbocycles. The third kappa shape index (κ3) is 12.9. The lowest BCUT2D eigenvalue weighted by molar-refractivity contribution is 0.659. The Morgan fingerprint density at radius 1 is 0.571 bits per heavy atom. The summed E-state index contributed by atoms with van der Waals surface area (Å²) >= 11 is 0. The zero-order chi connectivity index (χ0) is 10.5.